The molecule has 3 N–H and O–H groups in total. The Morgan fingerprint density at radius 2 is 1.62 bits per heavy atom. The Kier molecular flexibility index (Phi) is 9.87. The predicted octanol–water partition coefficient (Wildman–Crippen LogP) is 3.46. The zero-order valence-corrected chi connectivity index (χ0v) is 14.2. The molecule has 1 aliphatic rings. The van der Waals surface area contributed by atoms with Crippen molar-refractivity contribution < 1.29 is 0 Å². The van der Waals surface area contributed by atoms with E-state index in [2.05, 4.69) is 35.0 Å². The first-order valence-electron chi connectivity index (χ1n) is 8.26. The van der Waals surface area contributed by atoms with E-state index in [0.717, 1.165) is 31.2 Å². The minimum Gasteiger partial charge on any atom is -0.370 e. The van der Waals surface area contributed by atoms with Gasteiger partial charge >= 0.3 is 0 Å². The van der Waals surface area contributed by atoms with Gasteiger partial charge in [0.15, 0.2) is 5.84 Å². The molecule has 5 nitrogen and oxygen atoms in total. The van der Waals surface area contributed by atoms with Crippen LogP contribution in [0.25, 0.3) is 0 Å². The van der Waals surface area contributed by atoms with Crippen molar-refractivity contribution in [2.75, 3.05) is 13.1 Å². The largest absolute Gasteiger partial charge is 0.370 e. The average molecular weight is 316 g/mol. The van der Waals surface area contributed by atoms with Gasteiger partial charge in [-0.25, -0.2) is 0 Å². The molecule has 0 aromatic carbocycles. The summed E-state index contributed by atoms with van der Waals surface area (Å²) in [6.07, 6.45) is 11.9. The van der Waals surface area contributed by atoms with Crippen molar-refractivity contribution in [3.8, 4) is 0 Å². The summed E-state index contributed by atoms with van der Waals surface area (Å²) in [6.45, 7) is 6.33. The number of halogens is 1. The van der Waals surface area contributed by atoms with E-state index in [-0.39, 0.29) is 0 Å². The van der Waals surface area contributed by atoms with E-state index in [1.807, 2.05) is 6.08 Å². The summed E-state index contributed by atoms with van der Waals surface area (Å²) in [5, 5.41) is 10.9. The van der Waals surface area contributed by atoms with Crippen LogP contribution in [0.1, 0.15) is 65.2 Å². The smallest absolute Gasteiger partial charge is 0.153 e. The van der Waals surface area contributed by atoms with E-state index in [1.54, 1.807) is 0 Å². The maximum absolute atomic E-state index is 5.95. The standard InChI is InChI=1S/C15H30ClN5/c1-3-5-7-9-11-17-14-13-15(20-21(16)19-14)18-12-10-8-6-4-2/h13,17,19H,3-12H2,1-2H3,(H,18,20). The van der Waals surface area contributed by atoms with Gasteiger partial charge in [-0.05, 0) is 12.8 Å². The lowest BCUT2D eigenvalue weighted by atomic mass is 10.2. The summed E-state index contributed by atoms with van der Waals surface area (Å²) in [4.78, 5) is 0. The Labute approximate surface area is 134 Å². The molecule has 21 heavy (non-hydrogen) atoms. The third-order valence-corrected chi connectivity index (χ3v) is 3.53. The number of hydrogen-bond donors (Lipinski definition) is 3. The molecular weight excluding hydrogens is 286 g/mol. The molecule has 1 aliphatic heterocycles. The van der Waals surface area contributed by atoms with Crippen LogP contribution < -0.4 is 16.1 Å². The lowest BCUT2D eigenvalue weighted by Crippen LogP contribution is -2.40. The van der Waals surface area contributed by atoms with Gasteiger partial charge < -0.3 is 10.6 Å². The van der Waals surface area contributed by atoms with E-state index in [1.165, 1.54) is 49.6 Å². The molecule has 0 unspecified atom stereocenters. The predicted molar refractivity (Wildman–Crippen MR) is 90.6 cm³/mol. The number of hydrazone groups is 1. The van der Waals surface area contributed by atoms with E-state index in [9.17, 15) is 0 Å². The monoisotopic (exact) mass is 315 g/mol. The fourth-order valence-corrected chi connectivity index (χ4v) is 2.31. The summed E-state index contributed by atoms with van der Waals surface area (Å²) in [6, 6.07) is 0. The van der Waals surface area contributed by atoms with Gasteiger partial charge in [-0.3, -0.25) is 5.43 Å². The van der Waals surface area contributed by atoms with Crippen molar-refractivity contribution in [1.29, 1.82) is 0 Å². The first-order chi connectivity index (χ1) is 10.3. The van der Waals surface area contributed by atoms with Crippen LogP contribution in [0.5, 0.6) is 0 Å². The van der Waals surface area contributed by atoms with Crippen LogP contribution in [-0.4, -0.2) is 23.6 Å². The number of unbranched alkanes of at least 4 members (excludes halogenated alkanes) is 6. The highest BCUT2D eigenvalue weighted by Crippen LogP contribution is 2.04. The molecule has 0 atom stereocenters. The SMILES string of the molecule is CCCCCCNC1=CC(NCCCCCC)=NN(Cl)N1. The van der Waals surface area contributed by atoms with Gasteiger partial charge in [0.25, 0.3) is 0 Å². The highest BCUT2D eigenvalue weighted by molar-refractivity contribution is 6.14. The summed E-state index contributed by atoms with van der Waals surface area (Å²) in [5.74, 6) is 1.70. The van der Waals surface area contributed by atoms with Gasteiger partial charge in [0.1, 0.15) is 5.82 Å². The zero-order valence-electron chi connectivity index (χ0n) is 13.4. The molecule has 0 saturated carbocycles. The first-order valence-corrected chi connectivity index (χ1v) is 8.60. The van der Waals surface area contributed by atoms with Gasteiger partial charge in [0, 0.05) is 19.2 Å². The fourth-order valence-electron chi connectivity index (χ4n) is 2.14. The third kappa shape index (κ3) is 8.71. The quantitative estimate of drug-likeness (QED) is 0.404. The van der Waals surface area contributed by atoms with Crippen molar-refractivity contribution in [2.24, 2.45) is 5.10 Å². The second kappa shape index (κ2) is 11.5. The lowest BCUT2D eigenvalue weighted by molar-refractivity contribution is 0.371. The highest BCUT2D eigenvalue weighted by Gasteiger charge is 2.10. The van der Waals surface area contributed by atoms with Crippen LogP contribution in [0.4, 0.5) is 0 Å². The molecule has 1 rings (SSSR count). The van der Waals surface area contributed by atoms with Crippen molar-refractivity contribution in [3.05, 3.63) is 11.9 Å². The number of nitrogens with zero attached hydrogens (tertiary/aromatic N) is 2. The Morgan fingerprint density at radius 1 is 1.00 bits per heavy atom. The van der Waals surface area contributed by atoms with Crippen molar-refractivity contribution >= 4 is 17.6 Å². The molecule has 0 aromatic heterocycles. The second-order valence-electron chi connectivity index (χ2n) is 5.39. The second-order valence-corrected chi connectivity index (χ2v) is 5.71. The molecule has 6 heteroatoms. The van der Waals surface area contributed by atoms with E-state index < -0.39 is 0 Å². The van der Waals surface area contributed by atoms with E-state index in [0.29, 0.717) is 0 Å². The van der Waals surface area contributed by atoms with Crippen molar-refractivity contribution in [1.82, 2.24) is 20.7 Å². The van der Waals surface area contributed by atoms with Crippen LogP contribution in [-0.2, 0) is 0 Å². The number of rotatable bonds is 11. The lowest BCUT2D eigenvalue weighted by Gasteiger charge is -2.22. The van der Waals surface area contributed by atoms with Gasteiger partial charge in [-0.2, -0.15) is 0 Å². The minimum absolute atomic E-state index is 0.802. The van der Waals surface area contributed by atoms with Gasteiger partial charge in [-0.1, -0.05) is 52.4 Å². The van der Waals surface area contributed by atoms with Crippen molar-refractivity contribution in [3.63, 3.8) is 0 Å². The van der Waals surface area contributed by atoms with Gasteiger partial charge in [0.05, 0.1) is 11.8 Å². The zero-order chi connectivity index (χ0) is 15.3. The first kappa shape index (κ1) is 18.0. The number of hydrogen-bond acceptors (Lipinski definition) is 5. The molecule has 0 fully saturated rings. The average Bonchev–Trinajstić information content (AvgIpc) is 2.46. The van der Waals surface area contributed by atoms with Gasteiger partial charge in [0.2, 0.25) is 0 Å². The normalized spacial score (nSPS) is 14.3. The maximum atomic E-state index is 5.95. The summed E-state index contributed by atoms with van der Waals surface area (Å²) in [5.41, 5.74) is 2.97. The van der Waals surface area contributed by atoms with E-state index >= 15 is 0 Å². The summed E-state index contributed by atoms with van der Waals surface area (Å²) in [7, 11) is 0. The maximum Gasteiger partial charge on any atom is 0.153 e. The molecule has 122 valence electrons. The minimum atomic E-state index is 0.802. The Bertz CT molecular complexity index is 330. The molecule has 0 aliphatic carbocycles. The van der Waals surface area contributed by atoms with E-state index in [4.69, 9.17) is 11.8 Å². The molecule has 0 spiro atoms. The third-order valence-electron chi connectivity index (χ3n) is 3.37. The topological polar surface area (TPSA) is 51.7 Å². The Morgan fingerprint density at radius 3 is 2.24 bits per heavy atom. The van der Waals surface area contributed by atoms with Crippen molar-refractivity contribution in [2.45, 2.75) is 65.2 Å². The molecule has 0 saturated heterocycles. The van der Waals surface area contributed by atoms with Gasteiger partial charge in [-0.15, -0.1) is 9.74 Å². The molecule has 0 aromatic rings. The summed E-state index contributed by atoms with van der Waals surface area (Å²) < 4.78 is 1.22. The van der Waals surface area contributed by atoms with Crippen LogP contribution in [0.15, 0.2) is 17.0 Å². The highest BCUT2D eigenvalue weighted by atomic mass is 35.5. The van der Waals surface area contributed by atoms with Crippen LogP contribution >= 0.6 is 11.8 Å². The van der Waals surface area contributed by atoms with Crippen LogP contribution in [0.2, 0.25) is 0 Å². The summed E-state index contributed by atoms with van der Waals surface area (Å²) >= 11 is 5.95. The molecule has 1 heterocycles. The number of nitrogens with one attached hydrogen (secondary N) is 3. The van der Waals surface area contributed by atoms with Crippen LogP contribution in [0, 0.1) is 0 Å². The Balaban J connectivity index is 2.24. The molecular formula is C15H30ClN5. The Hall–Kier alpha value is -1.10. The number of amidine groups is 1. The number of hydrazine groups is 1. The molecule has 0 bridgehead atoms. The fraction of sp³-hybridized carbons (Fsp3) is 0.800. The van der Waals surface area contributed by atoms with Crippen LogP contribution in [0.3, 0.4) is 0 Å². The molecule has 0 radical (unpaired) electrons. The molecule has 0 amide bonds.